The smallest absolute Gasteiger partial charge is 0.304 e. The summed E-state index contributed by atoms with van der Waals surface area (Å²) in [6.07, 6.45) is 2.40. The molecular formula is C13H13NO3. The van der Waals surface area contributed by atoms with Gasteiger partial charge in [0.15, 0.2) is 0 Å². The summed E-state index contributed by atoms with van der Waals surface area (Å²) < 4.78 is 9.78. The van der Waals surface area contributed by atoms with E-state index in [1.54, 1.807) is 13.2 Å². The summed E-state index contributed by atoms with van der Waals surface area (Å²) in [5.41, 5.74) is 0.901. The third kappa shape index (κ3) is 4.39. The van der Waals surface area contributed by atoms with Gasteiger partial charge in [-0.05, 0) is 23.8 Å². The van der Waals surface area contributed by atoms with E-state index in [-0.39, 0.29) is 0 Å². The van der Waals surface area contributed by atoms with Crippen LogP contribution in [0.3, 0.4) is 0 Å². The van der Waals surface area contributed by atoms with Gasteiger partial charge in [0.25, 0.3) is 0 Å². The molecule has 4 heteroatoms. The summed E-state index contributed by atoms with van der Waals surface area (Å²) >= 11 is 0. The second-order valence-electron chi connectivity index (χ2n) is 3.29. The van der Waals surface area contributed by atoms with Gasteiger partial charge in [-0.2, -0.15) is 5.26 Å². The first-order valence-electron chi connectivity index (χ1n) is 5.05. The fraction of sp³-hybridized carbons (Fsp3) is 0.231. The number of rotatable bonds is 4. The number of nitriles is 1. The lowest BCUT2D eigenvalue weighted by molar-refractivity contribution is -0.142. The van der Waals surface area contributed by atoms with Crippen LogP contribution in [0.1, 0.15) is 12.5 Å². The third-order valence-corrected chi connectivity index (χ3v) is 2.00. The Morgan fingerprint density at radius 3 is 2.53 bits per heavy atom. The van der Waals surface area contributed by atoms with E-state index >= 15 is 0 Å². The molecule has 0 aromatic heterocycles. The number of methoxy groups -OCH3 is 1. The van der Waals surface area contributed by atoms with Gasteiger partial charge < -0.3 is 9.47 Å². The number of benzene rings is 1. The molecular weight excluding hydrogens is 218 g/mol. The summed E-state index contributed by atoms with van der Waals surface area (Å²) in [6, 6.07) is 9.19. The molecule has 0 N–H and O–H groups in total. The van der Waals surface area contributed by atoms with Crippen molar-refractivity contribution in [2.75, 3.05) is 7.11 Å². The highest BCUT2D eigenvalue weighted by atomic mass is 16.5. The number of hydrogen-bond acceptors (Lipinski definition) is 4. The standard InChI is InChI=1S/C13H13NO3/c1-10(15)17-13(9-14)8-5-11-3-6-12(16-2)7-4-11/h3-8,13H,1-2H3. The molecule has 0 aliphatic rings. The molecule has 1 aromatic carbocycles. The number of esters is 1. The molecule has 4 nitrogen and oxygen atoms in total. The Hall–Kier alpha value is -2.28. The molecule has 0 amide bonds. The highest BCUT2D eigenvalue weighted by Gasteiger charge is 2.05. The molecule has 0 saturated carbocycles. The highest BCUT2D eigenvalue weighted by molar-refractivity contribution is 5.67. The molecule has 0 saturated heterocycles. The molecule has 0 heterocycles. The fourth-order valence-corrected chi connectivity index (χ4v) is 1.20. The van der Waals surface area contributed by atoms with Crippen molar-refractivity contribution in [3.63, 3.8) is 0 Å². The number of carbonyl (C=O) groups is 1. The second kappa shape index (κ2) is 6.33. The Morgan fingerprint density at radius 2 is 2.06 bits per heavy atom. The second-order valence-corrected chi connectivity index (χ2v) is 3.29. The van der Waals surface area contributed by atoms with E-state index < -0.39 is 12.1 Å². The summed E-state index contributed by atoms with van der Waals surface area (Å²) in [6.45, 7) is 1.27. The van der Waals surface area contributed by atoms with Crippen LogP contribution in [-0.2, 0) is 9.53 Å². The van der Waals surface area contributed by atoms with Gasteiger partial charge in [-0.15, -0.1) is 0 Å². The molecule has 17 heavy (non-hydrogen) atoms. The lowest BCUT2D eigenvalue weighted by Crippen LogP contribution is -2.10. The normalized spacial score (nSPS) is 11.8. The maximum Gasteiger partial charge on any atom is 0.304 e. The van der Waals surface area contributed by atoms with Gasteiger partial charge in [0.2, 0.25) is 6.10 Å². The van der Waals surface area contributed by atoms with Gasteiger partial charge in [0.1, 0.15) is 11.8 Å². The monoisotopic (exact) mass is 231 g/mol. The Bertz CT molecular complexity index is 443. The molecule has 1 unspecified atom stereocenters. The van der Waals surface area contributed by atoms with E-state index in [0.29, 0.717) is 0 Å². The van der Waals surface area contributed by atoms with Crippen molar-refractivity contribution in [2.24, 2.45) is 0 Å². The Labute approximate surface area is 100 Å². The highest BCUT2D eigenvalue weighted by Crippen LogP contribution is 2.12. The Morgan fingerprint density at radius 1 is 1.41 bits per heavy atom. The maximum absolute atomic E-state index is 10.7. The first-order chi connectivity index (χ1) is 8.15. The van der Waals surface area contributed by atoms with Gasteiger partial charge >= 0.3 is 5.97 Å². The van der Waals surface area contributed by atoms with E-state index in [4.69, 9.17) is 14.7 Å². The van der Waals surface area contributed by atoms with Gasteiger partial charge in [0.05, 0.1) is 7.11 Å². The summed E-state index contributed by atoms with van der Waals surface area (Å²) in [5, 5.41) is 8.74. The largest absolute Gasteiger partial charge is 0.497 e. The van der Waals surface area contributed by atoms with Crippen molar-refractivity contribution in [3.8, 4) is 11.8 Å². The van der Waals surface area contributed by atoms with E-state index in [1.807, 2.05) is 30.3 Å². The maximum atomic E-state index is 10.7. The van der Waals surface area contributed by atoms with Crippen LogP contribution in [0.2, 0.25) is 0 Å². The van der Waals surface area contributed by atoms with Crippen LogP contribution in [0, 0.1) is 11.3 Å². The quantitative estimate of drug-likeness (QED) is 0.745. The minimum atomic E-state index is -0.852. The molecule has 0 fully saturated rings. The molecule has 0 spiro atoms. The molecule has 1 rings (SSSR count). The fourth-order valence-electron chi connectivity index (χ4n) is 1.20. The van der Waals surface area contributed by atoms with E-state index in [1.165, 1.54) is 13.0 Å². The third-order valence-electron chi connectivity index (χ3n) is 2.00. The predicted molar refractivity (Wildman–Crippen MR) is 63.2 cm³/mol. The van der Waals surface area contributed by atoms with Crippen molar-refractivity contribution in [3.05, 3.63) is 35.9 Å². The average Bonchev–Trinajstić information content (AvgIpc) is 2.34. The van der Waals surface area contributed by atoms with Crippen LogP contribution < -0.4 is 4.74 Å². The molecule has 0 aliphatic carbocycles. The van der Waals surface area contributed by atoms with Gasteiger partial charge in [-0.1, -0.05) is 18.2 Å². The van der Waals surface area contributed by atoms with Crippen molar-refractivity contribution in [1.29, 1.82) is 5.26 Å². The summed E-state index contributed by atoms with van der Waals surface area (Å²) in [4.78, 5) is 10.7. The summed E-state index contributed by atoms with van der Waals surface area (Å²) in [7, 11) is 1.59. The molecule has 0 radical (unpaired) electrons. The van der Waals surface area contributed by atoms with Crippen molar-refractivity contribution in [2.45, 2.75) is 13.0 Å². The van der Waals surface area contributed by atoms with E-state index in [0.717, 1.165) is 11.3 Å². The first-order valence-corrected chi connectivity index (χ1v) is 5.05. The van der Waals surface area contributed by atoms with Crippen LogP contribution in [0.4, 0.5) is 0 Å². The van der Waals surface area contributed by atoms with Gasteiger partial charge in [0, 0.05) is 6.92 Å². The minimum absolute atomic E-state index is 0.476. The molecule has 1 aromatic rings. The zero-order valence-corrected chi connectivity index (χ0v) is 9.71. The zero-order chi connectivity index (χ0) is 12.7. The van der Waals surface area contributed by atoms with Crippen LogP contribution >= 0.6 is 0 Å². The lowest BCUT2D eigenvalue weighted by atomic mass is 10.2. The lowest BCUT2D eigenvalue weighted by Gasteiger charge is -2.03. The summed E-state index contributed by atoms with van der Waals surface area (Å²) in [5.74, 6) is 0.287. The first kappa shape index (κ1) is 12.8. The van der Waals surface area contributed by atoms with Crippen LogP contribution in [0.25, 0.3) is 6.08 Å². The number of carbonyl (C=O) groups excluding carboxylic acids is 1. The van der Waals surface area contributed by atoms with Crippen molar-refractivity contribution >= 4 is 12.0 Å². The van der Waals surface area contributed by atoms with Crippen LogP contribution in [-0.4, -0.2) is 19.2 Å². The number of ether oxygens (including phenoxy) is 2. The molecule has 1 atom stereocenters. The minimum Gasteiger partial charge on any atom is -0.497 e. The molecule has 0 aliphatic heterocycles. The Balaban J connectivity index is 2.68. The average molecular weight is 231 g/mol. The van der Waals surface area contributed by atoms with Gasteiger partial charge in [-0.3, -0.25) is 4.79 Å². The van der Waals surface area contributed by atoms with Crippen molar-refractivity contribution in [1.82, 2.24) is 0 Å². The molecule has 0 bridgehead atoms. The molecule has 88 valence electrons. The topological polar surface area (TPSA) is 59.3 Å². The van der Waals surface area contributed by atoms with Crippen LogP contribution in [0.5, 0.6) is 5.75 Å². The van der Waals surface area contributed by atoms with Crippen LogP contribution in [0.15, 0.2) is 30.3 Å². The van der Waals surface area contributed by atoms with E-state index in [2.05, 4.69) is 0 Å². The Kier molecular flexibility index (Phi) is 4.77. The number of hydrogen-bond donors (Lipinski definition) is 0. The zero-order valence-electron chi connectivity index (χ0n) is 9.71. The van der Waals surface area contributed by atoms with Gasteiger partial charge in [-0.25, -0.2) is 0 Å². The van der Waals surface area contributed by atoms with Crippen molar-refractivity contribution < 1.29 is 14.3 Å². The van der Waals surface area contributed by atoms with E-state index in [9.17, 15) is 4.79 Å². The SMILES string of the molecule is COc1ccc(C=CC(C#N)OC(C)=O)cc1. The number of nitrogens with zero attached hydrogens (tertiary/aromatic N) is 1. The predicted octanol–water partition coefficient (Wildman–Crippen LogP) is 2.16.